The van der Waals surface area contributed by atoms with Crippen LogP contribution >= 0.6 is 23.1 Å². The van der Waals surface area contributed by atoms with Crippen molar-refractivity contribution in [3.63, 3.8) is 0 Å². The minimum atomic E-state index is -0.188. The number of aromatic nitrogens is 2. The SMILES string of the molecule is CC[C@@H](Sc1cc(C)c2ccccc2n1)C(=O)Nc1nccs1. The first-order chi connectivity index (χ1) is 11.2. The fourth-order valence-corrected chi connectivity index (χ4v) is 3.87. The van der Waals surface area contributed by atoms with E-state index in [9.17, 15) is 4.79 Å². The first-order valence-corrected chi connectivity index (χ1v) is 9.16. The highest BCUT2D eigenvalue weighted by molar-refractivity contribution is 8.00. The van der Waals surface area contributed by atoms with E-state index in [1.54, 1.807) is 6.20 Å². The summed E-state index contributed by atoms with van der Waals surface area (Å²) in [6.07, 6.45) is 2.41. The maximum atomic E-state index is 12.4. The van der Waals surface area contributed by atoms with Gasteiger partial charge in [0.2, 0.25) is 5.91 Å². The Morgan fingerprint density at radius 3 is 2.96 bits per heavy atom. The molecule has 1 aromatic carbocycles. The van der Waals surface area contributed by atoms with E-state index in [1.807, 2.05) is 36.6 Å². The number of aryl methyl sites for hydroxylation is 1. The molecule has 3 aromatic rings. The summed E-state index contributed by atoms with van der Waals surface area (Å²) in [5.74, 6) is -0.0277. The molecule has 0 fully saturated rings. The molecule has 0 unspecified atom stereocenters. The quantitative estimate of drug-likeness (QED) is 0.693. The molecular formula is C17H17N3OS2. The number of rotatable bonds is 5. The van der Waals surface area contributed by atoms with Crippen LogP contribution in [0.4, 0.5) is 5.13 Å². The Bertz CT molecular complexity index is 818. The summed E-state index contributed by atoms with van der Waals surface area (Å²) in [7, 11) is 0. The van der Waals surface area contributed by atoms with E-state index < -0.39 is 0 Å². The number of benzene rings is 1. The van der Waals surface area contributed by atoms with Crippen LogP contribution in [0, 0.1) is 6.92 Å². The molecule has 3 rings (SSSR count). The molecule has 118 valence electrons. The lowest BCUT2D eigenvalue weighted by molar-refractivity contribution is -0.115. The largest absolute Gasteiger partial charge is 0.301 e. The monoisotopic (exact) mass is 343 g/mol. The van der Waals surface area contributed by atoms with Crippen molar-refractivity contribution in [2.75, 3.05) is 5.32 Å². The van der Waals surface area contributed by atoms with Gasteiger partial charge in [-0.15, -0.1) is 11.3 Å². The number of amides is 1. The fourth-order valence-electron chi connectivity index (χ4n) is 2.32. The van der Waals surface area contributed by atoms with E-state index in [0.717, 1.165) is 22.3 Å². The van der Waals surface area contributed by atoms with Gasteiger partial charge in [0.05, 0.1) is 15.8 Å². The van der Waals surface area contributed by atoms with Crippen molar-refractivity contribution in [1.29, 1.82) is 0 Å². The van der Waals surface area contributed by atoms with Gasteiger partial charge < -0.3 is 5.32 Å². The number of thiazole rings is 1. The summed E-state index contributed by atoms with van der Waals surface area (Å²) in [5.41, 5.74) is 2.14. The zero-order valence-electron chi connectivity index (χ0n) is 12.9. The summed E-state index contributed by atoms with van der Waals surface area (Å²) in [4.78, 5) is 21.2. The average Bonchev–Trinajstić information content (AvgIpc) is 3.05. The Labute approximate surface area is 143 Å². The number of para-hydroxylation sites is 1. The minimum Gasteiger partial charge on any atom is -0.301 e. The summed E-state index contributed by atoms with van der Waals surface area (Å²) in [6, 6.07) is 10.1. The Hall–Kier alpha value is -1.92. The highest BCUT2D eigenvalue weighted by atomic mass is 32.2. The molecule has 1 N–H and O–H groups in total. The molecule has 0 bridgehead atoms. The molecule has 4 nitrogen and oxygen atoms in total. The molecule has 0 aliphatic carbocycles. The molecule has 2 aromatic heterocycles. The van der Waals surface area contributed by atoms with E-state index in [2.05, 4.69) is 28.3 Å². The van der Waals surface area contributed by atoms with Gasteiger partial charge in [0.15, 0.2) is 5.13 Å². The highest BCUT2D eigenvalue weighted by Gasteiger charge is 2.20. The molecule has 0 aliphatic rings. The number of pyridine rings is 1. The zero-order valence-corrected chi connectivity index (χ0v) is 14.6. The van der Waals surface area contributed by atoms with Gasteiger partial charge in [0.25, 0.3) is 0 Å². The summed E-state index contributed by atoms with van der Waals surface area (Å²) in [6.45, 7) is 4.08. The molecule has 2 heterocycles. The summed E-state index contributed by atoms with van der Waals surface area (Å²) < 4.78 is 0. The number of anilines is 1. The molecule has 0 aliphatic heterocycles. The minimum absolute atomic E-state index is 0.0277. The average molecular weight is 343 g/mol. The lowest BCUT2D eigenvalue weighted by atomic mass is 10.1. The van der Waals surface area contributed by atoms with Crippen LogP contribution in [0.5, 0.6) is 0 Å². The third-order valence-electron chi connectivity index (χ3n) is 3.49. The van der Waals surface area contributed by atoms with Crippen LogP contribution in [0.15, 0.2) is 46.9 Å². The van der Waals surface area contributed by atoms with E-state index in [1.165, 1.54) is 28.7 Å². The van der Waals surface area contributed by atoms with Gasteiger partial charge in [-0.25, -0.2) is 9.97 Å². The number of fused-ring (bicyclic) bond motifs is 1. The Morgan fingerprint density at radius 1 is 1.39 bits per heavy atom. The van der Waals surface area contributed by atoms with Crippen molar-refractivity contribution in [3.05, 3.63) is 47.5 Å². The Balaban J connectivity index is 1.80. The first-order valence-electron chi connectivity index (χ1n) is 7.40. The van der Waals surface area contributed by atoms with Gasteiger partial charge in [-0.3, -0.25) is 4.79 Å². The molecule has 6 heteroatoms. The topological polar surface area (TPSA) is 54.9 Å². The second kappa shape index (κ2) is 7.10. The van der Waals surface area contributed by atoms with Gasteiger partial charge in [-0.05, 0) is 31.0 Å². The Morgan fingerprint density at radius 2 is 2.22 bits per heavy atom. The van der Waals surface area contributed by atoms with Crippen molar-refractivity contribution in [2.24, 2.45) is 0 Å². The van der Waals surface area contributed by atoms with Gasteiger partial charge >= 0.3 is 0 Å². The van der Waals surface area contributed by atoms with Crippen molar-refractivity contribution >= 4 is 45.0 Å². The maximum Gasteiger partial charge on any atom is 0.239 e. The number of hydrogen-bond donors (Lipinski definition) is 1. The Kier molecular flexibility index (Phi) is 4.93. The van der Waals surface area contributed by atoms with Crippen LogP contribution < -0.4 is 5.32 Å². The molecule has 0 saturated heterocycles. The summed E-state index contributed by atoms with van der Waals surface area (Å²) in [5, 5.41) is 7.19. The lowest BCUT2D eigenvalue weighted by Gasteiger charge is -2.14. The number of thioether (sulfide) groups is 1. The zero-order chi connectivity index (χ0) is 16.2. The van der Waals surface area contributed by atoms with Gasteiger partial charge in [-0.2, -0.15) is 0 Å². The lowest BCUT2D eigenvalue weighted by Crippen LogP contribution is -2.24. The molecule has 1 atom stereocenters. The predicted molar refractivity (Wildman–Crippen MR) is 97.2 cm³/mol. The van der Waals surface area contributed by atoms with Crippen molar-refractivity contribution < 1.29 is 4.79 Å². The van der Waals surface area contributed by atoms with E-state index in [-0.39, 0.29) is 11.2 Å². The first kappa shape index (κ1) is 16.0. The number of nitrogens with one attached hydrogen (secondary N) is 1. The van der Waals surface area contributed by atoms with Crippen LogP contribution in [0.25, 0.3) is 10.9 Å². The van der Waals surface area contributed by atoms with Crippen LogP contribution in [0.1, 0.15) is 18.9 Å². The smallest absolute Gasteiger partial charge is 0.239 e. The summed E-state index contributed by atoms with van der Waals surface area (Å²) >= 11 is 2.92. The number of nitrogens with zero attached hydrogens (tertiary/aromatic N) is 2. The molecule has 23 heavy (non-hydrogen) atoms. The van der Waals surface area contributed by atoms with Gasteiger partial charge in [-0.1, -0.05) is 36.9 Å². The predicted octanol–water partition coefficient (Wildman–Crippen LogP) is 4.51. The molecular weight excluding hydrogens is 326 g/mol. The van der Waals surface area contributed by atoms with Crippen molar-refractivity contribution in [2.45, 2.75) is 30.5 Å². The van der Waals surface area contributed by atoms with E-state index >= 15 is 0 Å². The second-order valence-corrected chi connectivity index (χ2v) is 7.25. The van der Waals surface area contributed by atoms with Crippen molar-refractivity contribution in [1.82, 2.24) is 9.97 Å². The molecule has 1 amide bonds. The van der Waals surface area contributed by atoms with E-state index in [4.69, 9.17) is 0 Å². The normalized spacial score (nSPS) is 12.3. The molecule has 0 saturated carbocycles. The highest BCUT2D eigenvalue weighted by Crippen LogP contribution is 2.28. The second-order valence-electron chi connectivity index (χ2n) is 5.14. The van der Waals surface area contributed by atoms with Crippen molar-refractivity contribution in [3.8, 4) is 0 Å². The molecule has 0 spiro atoms. The number of hydrogen-bond acceptors (Lipinski definition) is 5. The van der Waals surface area contributed by atoms with Crippen LogP contribution in [0.3, 0.4) is 0 Å². The standard InChI is InChI=1S/C17H17N3OS2/c1-3-14(16(21)20-17-18-8-9-22-17)23-15-10-11(2)12-6-4-5-7-13(12)19-15/h4-10,14H,3H2,1-2H3,(H,18,20,21)/t14-/m1/s1. The van der Waals surface area contributed by atoms with Crippen LogP contribution in [0.2, 0.25) is 0 Å². The number of carbonyl (C=O) groups is 1. The fraction of sp³-hybridized carbons (Fsp3) is 0.235. The maximum absolute atomic E-state index is 12.4. The van der Waals surface area contributed by atoms with Gasteiger partial charge in [0.1, 0.15) is 0 Å². The molecule has 0 radical (unpaired) electrons. The van der Waals surface area contributed by atoms with Crippen LogP contribution in [-0.2, 0) is 4.79 Å². The third kappa shape index (κ3) is 3.71. The van der Waals surface area contributed by atoms with E-state index in [0.29, 0.717) is 5.13 Å². The van der Waals surface area contributed by atoms with Gasteiger partial charge in [0, 0.05) is 17.0 Å². The third-order valence-corrected chi connectivity index (χ3v) is 5.46. The number of carbonyl (C=O) groups excluding carboxylic acids is 1. The van der Waals surface area contributed by atoms with Crippen LogP contribution in [-0.4, -0.2) is 21.1 Å².